The van der Waals surface area contributed by atoms with Gasteiger partial charge in [0.2, 0.25) is 5.91 Å². The van der Waals surface area contributed by atoms with Gasteiger partial charge in [-0.2, -0.15) is 9.59 Å². The number of amides is 1. The van der Waals surface area contributed by atoms with Crippen molar-refractivity contribution >= 4 is 28.6 Å². The maximum Gasteiger partial charge on any atom is 0.373 e. The number of pyridine rings is 1. The van der Waals surface area contributed by atoms with Crippen LogP contribution in [-0.2, 0) is 19.1 Å². The van der Waals surface area contributed by atoms with Crippen LogP contribution in [0.4, 0.5) is 5.69 Å². The minimum absolute atomic E-state index is 0.0604. The number of carbonyl (C=O) groups excluding carboxylic acids is 3. The topological polar surface area (TPSA) is 121 Å². The van der Waals surface area contributed by atoms with Crippen molar-refractivity contribution in [2.75, 3.05) is 25.6 Å². The molecule has 2 heterocycles. The number of rotatable bonds is 6. The Morgan fingerprint density at radius 2 is 2.00 bits per heavy atom. The highest BCUT2D eigenvalue weighted by Gasteiger charge is 2.25. The van der Waals surface area contributed by atoms with Gasteiger partial charge in [-0.25, -0.2) is 0 Å². The summed E-state index contributed by atoms with van der Waals surface area (Å²) >= 11 is 0. The molecule has 1 aliphatic rings. The van der Waals surface area contributed by atoms with Gasteiger partial charge in [-0.05, 0) is 57.7 Å². The SMILES string of the molecule is Cc1cc(N)c2c(OCC(C)(C)NC(=O)CC3CCOCC3)cccc2n1.O=C=O. The summed E-state index contributed by atoms with van der Waals surface area (Å²) in [5.74, 6) is 1.15. The van der Waals surface area contributed by atoms with Crippen molar-refractivity contribution in [2.45, 2.75) is 45.6 Å². The molecule has 3 N–H and O–H groups in total. The summed E-state index contributed by atoms with van der Waals surface area (Å²) in [6, 6.07) is 7.55. The van der Waals surface area contributed by atoms with Crippen molar-refractivity contribution in [3.8, 4) is 5.75 Å². The lowest BCUT2D eigenvalue weighted by Crippen LogP contribution is -2.48. The molecule has 0 bridgehead atoms. The first-order chi connectivity index (χ1) is 14.3. The molecule has 3 rings (SSSR count). The van der Waals surface area contributed by atoms with Gasteiger partial charge < -0.3 is 20.5 Å². The van der Waals surface area contributed by atoms with Gasteiger partial charge >= 0.3 is 6.15 Å². The second-order valence-corrected chi connectivity index (χ2v) is 8.07. The van der Waals surface area contributed by atoms with Crippen LogP contribution in [0.25, 0.3) is 10.9 Å². The van der Waals surface area contributed by atoms with Crippen molar-refractivity contribution < 1.29 is 23.9 Å². The molecule has 1 saturated heterocycles. The van der Waals surface area contributed by atoms with Crippen molar-refractivity contribution in [1.82, 2.24) is 10.3 Å². The predicted molar refractivity (Wildman–Crippen MR) is 112 cm³/mol. The van der Waals surface area contributed by atoms with Crippen LogP contribution in [0, 0.1) is 12.8 Å². The van der Waals surface area contributed by atoms with E-state index in [9.17, 15) is 4.79 Å². The zero-order valence-corrected chi connectivity index (χ0v) is 17.7. The lowest BCUT2D eigenvalue weighted by molar-refractivity contribution is -0.191. The number of nitrogens with zero attached hydrogens (tertiary/aromatic N) is 1. The molecule has 0 aliphatic carbocycles. The molecule has 1 amide bonds. The number of nitrogen functional groups attached to an aromatic ring is 1. The quantitative estimate of drug-likeness (QED) is 0.744. The highest BCUT2D eigenvalue weighted by Crippen LogP contribution is 2.30. The average molecular weight is 415 g/mol. The summed E-state index contributed by atoms with van der Waals surface area (Å²) in [5, 5.41) is 3.91. The fourth-order valence-electron chi connectivity index (χ4n) is 3.48. The Balaban J connectivity index is 0.00000101. The zero-order chi connectivity index (χ0) is 22.1. The molecule has 1 aliphatic heterocycles. The van der Waals surface area contributed by atoms with Crippen molar-refractivity contribution in [3.05, 3.63) is 30.0 Å². The van der Waals surface area contributed by atoms with E-state index in [0.717, 1.165) is 42.7 Å². The smallest absolute Gasteiger partial charge is 0.373 e. The molecule has 1 aromatic heterocycles. The minimum atomic E-state index is -0.489. The number of anilines is 1. The van der Waals surface area contributed by atoms with Gasteiger partial charge in [-0.15, -0.1) is 0 Å². The number of hydrogen-bond donors (Lipinski definition) is 2. The van der Waals surface area contributed by atoms with Crippen LogP contribution in [0.15, 0.2) is 24.3 Å². The Morgan fingerprint density at radius 3 is 2.67 bits per heavy atom. The van der Waals surface area contributed by atoms with Gasteiger partial charge in [0, 0.05) is 31.0 Å². The molecule has 0 saturated carbocycles. The lowest BCUT2D eigenvalue weighted by Gasteiger charge is -2.28. The molecule has 8 nitrogen and oxygen atoms in total. The number of nitrogens with one attached hydrogen (secondary N) is 1. The maximum absolute atomic E-state index is 12.4. The normalized spacial score (nSPS) is 14.4. The summed E-state index contributed by atoms with van der Waals surface area (Å²) < 4.78 is 11.4. The Hall–Kier alpha value is -2.96. The number of aromatic nitrogens is 1. The summed E-state index contributed by atoms with van der Waals surface area (Å²) in [6.07, 6.45) is 2.69. The summed E-state index contributed by atoms with van der Waals surface area (Å²) in [4.78, 5) is 33.2. The molecule has 0 radical (unpaired) electrons. The van der Waals surface area contributed by atoms with E-state index in [-0.39, 0.29) is 12.1 Å². The van der Waals surface area contributed by atoms with Crippen LogP contribution in [0.3, 0.4) is 0 Å². The van der Waals surface area contributed by atoms with E-state index in [4.69, 9.17) is 24.8 Å². The fraction of sp³-hybridized carbons (Fsp3) is 0.500. The van der Waals surface area contributed by atoms with Crippen LogP contribution >= 0.6 is 0 Å². The third-order valence-electron chi connectivity index (χ3n) is 4.84. The van der Waals surface area contributed by atoms with Crippen LogP contribution in [-0.4, -0.2) is 42.4 Å². The van der Waals surface area contributed by atoms with Gasteiger partial charge in [-0.1, -0.05) is 6.07 Å². The molecule has 162 valence electrons. The van der Waals surface area contributed by atoms with E-state index >= 15 is 0 Å². The number of fused-ring (bicyclic) bond motifs is 1. The van der Waals surface area contributed by atoms with Gasteiger partial charge in [0.25, 0.3) is 0 Å². The number of carbonyl (C=O) groups is 1. The molecular formula is C22H29N3O5. The van der Waals surface area contributed by atoms with E-state index in [1.54, 1.807) is 0 Å². The third kappa shape index (κ3) is 6.83. The van der Waals surface area contributed by atoms with Crippen LogP contribution in [0.1, 0.15) is 38.8 Å². The van der Waals surface area contributed by atoms with Crippen molar-refractivity contribution in [3.63, 3.8) is 0 Å². The Kier molecular flexibility index (Phi) is 8.33. The highest BCUT2D eigenvalue weighted by atomic mass is 16.5. The lowest BCUT2D eigenvalue weighted by atomic mass is 9.95. The standard InChI is InChI=1S/C21H29N3O3.CO2/c1-14-11-16(22)20-17(23-14)5-4-6-18(20)27-13-21(2,3)24-19(25)12-15-7-9-26-10-8-15;2-1-3/h4-6,11,15H,7-10,12-13H2,1-3H3,(H2,22,23)(H,24,25);. The maximum atomic E-state index is 12.4. The Labute approximate surface area is 176 Å². The molecule has 0 unspecified atom stereocenters. The van der Waals surface area contributed by atoms with Crippen LogP contribution < -0.4 is 15.8 Å². The van der Waals surface area contributed by atoms with Gasteiger partial charge in [0.15, 0.2) is 0 Å². The molecule has 0 atom stereocenters. The number of hydrogen-bond acceptors (Lipinski definition) is 7. The molecule has 0 spiro atoms. The molecule has 1 aromatic carbocycles. The third-order valence-corrected chi connectivity index (χ3v) is 4.84. The van der Waals surface area contributed by atoms with E-state index in [1.807, 2.05) is 45.0 Å². The first kappa shape index (κ1) is 23.3. The van der Waals surface area contributed by atoms with Gasteiger partial charge in [0.1, 0.15) is 12.4 Å². The van der Waals surface area contributed by atoms with E-state index in [1.165, 1.54) is 0 Å². The summed E-state index contributed by atoms with van der Waals surface area (Å²) in [5.41, 5.74) is 8.03. The number of benzene rings is 1. The van der Waals surface area contributed by atoms with Crippen molar-refractivity contribution in [2.24, 2.45) is 5.92 Å². The van der Waals surface area contributed by atoms with Crippen molar-refractivity contribution in [1.29, 1.82) is 0 Å². The molecule has 30 heavy (non-hydrogen) atoms. The van der Waals surface area contributed by atoms with E-state index in [0.29, 0.717) is 30.4 Å². The average Bonchev–Trinajstić information content (AvgIpc) is 2.67. The molecule has 1 fully saturated rings. The highest BCUT2D eigenvalue weighted by molar-refractivity contribution is 5.95. The van der Waals surface area contributed by atoms with Gasteiger partial charge in [-0.3, -0.25) is 9.78 Å². The second-order valence-electron chi connectivity index (χ2n) is 8.07. The Bertz CT molecular complexity index is 901. The van der Waals surface area contributed by atoms with Crippen LogP contribution in [0.2, 0.25) is 0 Å². The van der Waals surface area contributed by atoms with E-state index in [2.05, 4.69) is 10.3 Å². The predicted octanol–water partition coefficient (Wildman–Crippen LogP) is 2.63. The minimum Gasteiger partial charge on any atom is -0.490 e. The Morgan fingerprint density at radius 1 is 1.33 bits per heavy atom. The number of ether oxygens (including phenoxy) is 2. The first-order valence-electron chi connectivity index (χ1n) is 9.92. The summed E-state index contributed by atoms with van der Waals surface area (Å²) in [7, 11) is 0. The molecule has 2 aromatic rings. The number of nitrogens with two attached hydrogens (primary N) is 1. The largest absolute Gasteiger partial charge is 0.490 e. The van der Waals surface area contributed by atoms with E-state index < -0.39 is 5.54 Å². The van der Waals surface area contributed by atoms with Gasteiger partial charge in [0.05, 0.1) is 16.4 Å². The first-order valence-corrected chi connectivity index (χ1v) is 9.92. The fourth-order valence-corrected chi connectivity index (χ4v) is 3.48. The zero-order valence-electron chi connectivity index (χ0n) is 17.7. The van der Waals surface area contributed by atoms with Crippen LogP contribution in [0.5, 0.6) is 5.75 Å². The molecule has 8 heteroatoms. The molecular weight excluding hydrogens is 386 g/mol. The monoisotopic (exact) mass is 415 g/mol. The summed E-state index contributed by atoms with van der Waals surface area (Å²) in [6.45, 7) is 7.69. The second kappa shape index (κ2) is 10.7. The number of aryl methyl sites for hydroxylation is 1.